The van der Waals surface area contributed by atoms with Crippen LogP contribution in [0.4, 0.5) is 11.4 Å². The number of nitrogens with zero attached hydrogens (tertiary/aromatic N) is 4. The summed E-state index contributed by atoms with van der Waals surface area (Å²) in [6.45, 7) is 3.93. The number of aromatic amines is 1. The first-order valence-corrected chi connectivity index (χ1v) is 9.72. The highest BCUT2D eigenvalue weighted by Gasteiger charge is 2.22. The number of oxime groups is 1. The summed E-state index contributed by atoms with van der Waals surface area (Å²) >= 11 is 5.26. The number of anilines is 2. The molecule has 4 rings (SSSR count). The van der Waals surface area contributed by atoms with Gasteiger partial charge in [-0.1, -0.05) is 17.4 Å². The molecule has 1 aromatic heterocycles. The molecule has 0 bridgehead atoms. The Morgan fingerprint density at radius 1 is 1.18 bits per heavy atom. The van der Waals surface area contributed by atoms with Crippen molar-refractivity contribution in [3.05, 3.63) is 46.2 Å². The molecule has 0 aliphatic carbocycles. The fraction of sp³-hybridized carbons (Fsp3) is 0.350. The summed E-state index contributed by atoms with van der Waals surface area (Å²) in [5.74, 6) is 0.763. The highest BCUT2D eigenvalue weighted by atomic mass is 32.1. The van der Waals surface area contributed by atoms with Gasteiger partial charge in [-0.25, -0.2) is 0 Å². The topological polar surface area (TPSA) is 87.9 Å². The van der Waals surface area contributed by atoms with E-state index in [1.54, 1.807) is 6.20 Å². The number of fused-ring (bicyclic) bond motifs is 1. The van der Waals surface area contributed by atoms with Crippen LogP contribution in [0.25, 0.3) is 0 Å². The van der Waals surface area contributed by atoms with Crippen LogP contribution in [0.3, 0.4) is 0 Å². The molecule has 2 N–H and O–H groups in total. The summed E-state index contributed by atoms with van der Waals surface area (Å²) in [6, 6.07) is 10.2. The van der Waals surface area contributed by atoms with Crippen molar-refractivity contribution < 1.29 is 9.94 Å². The zero-order valence-electron chi connectivity index (χ0n) is 15.4. The van der Waals surface area contributed by atoms with Crippen LogP contribution in [0.2, 0.25) is 0 Å². The van der Waals surface area contributed by atoms with Crippen LogP contribution >= 0.6 is 12.2 Å². The molecule has 0 atom stereocenters. The number of aromatic nitrogens is 1. The second kappa shape index (κ2) is 7.90. The molecule has 28 heavy (non-hydrogen) atoms. The van der Waals surface area contributed by atoms with E-state index in [0.717, 1.165) is 55.3 Å². The van der Waals surface area contributed by atoms with Crippen molar-refractivity contribution >= 4 is 29.3 Å². The van der Waals surface area contributed by atoms with Crippen molar-refractivity contribution in [2.24, 2.45) is 5.16 Å². The Morgan fingerprint density at radius 3 is 2.82 bits per heavy atom. The zero-order chi connectivity index (χ0) is 19.5. The van der Waals surface area contributed by atoms with Gasteiger partial charge in [-0.2, -0.15) is 5.26 Å². The molecule has 2 aliphatic rings. The molecule has 0 saturated carbocycles. The van der Waals surface area contributed by atoms with Crippen molar-refractivity contribution in [1.82, 2.24) is 4.98 Å². The molecule has 2 aliphatic heterocycles. The molecule has 7 nitrogen and oxygen atoms in total. The van der Waals surface area contributed by atoms with Crippen molar-refractivity contribution in [3.63, 3.8) is 0 Å². The van der Waals surface area contributed by atoms with Crippen LogP contribution in [0.15, 0.2) is 35.6 Å². The minimum absolute atomic E-state index is 0.481. The largest absolute Gasteiger partial charge is 0.492 e. The Kier molecular flexibility index (Phi) is 5.17. The molecule has 2 aromatic rings. The maximum Gasteiger partial charge on any atom is 0.130 e. The van der Waals surface area contributed by atoms with Gasteiger partial charge in [0.25, 0.3) is 0 Å². The van der Waals surface area contributed by atoms with E-state index >= 15 is 0 Å². The number of hydrogen-bond acceptors (Lipinski definition) is 7. The monoisotopic (exact) mass is 395 g/mol. The maximum absolute atomic E-state index is 9.47. The molecule has 8 heteroatoms. The van der Waals surface area contributed by atoms with Crippen molar-refractivity contribution in [2.75, 3.05) is 42.6 Å². The summed E-state index contributed by atoms with van der Waals surface area (Å²) in [6.07, 6.45) is 3.38. The molecule has 144 valence electrons. The molecule has 0 spiro atoms. The van der Waals surface area contributed by atoms with E-state index in [2.05, 4.69) is 26.0 Å². The van der Waals surface area contributed by atoms with Gasteiger partial charge < -0.3 is 24.7 Å². The lowest BCUT2D eigenvalue weighted by atomic mass is 10.0. The van der Waals surface area contributed by atoms with E-state index in [1.807, 2.05) is 24.3 Å². The molecule has 1 saturated heterocycles. The van der Waals surface area contributed by atoms with Gasteiger partial charge in [0.2, 0.25) is 0 Å². The maximum atomic E-state index is 9.47. The van der Waals surface area contributed by atoms with Crippen LogP contribution < -0.4 is 14.5 Å². The molecular formula is C20H21N5O2S. The number of nitrogens with one attached hydrogen (secondary N) is 1. The van der Waals surface area contributed by atoms with Crippen LogP contribution in [-0.4, -0.2) is 48.7 Å². The van der Waals surface area contributed by atoms with Gasteiger partial charge >= 0.3 is 0 Å². The van der Waals surface area contributed by atoms with Gasteiger partial charge in [0, 0.05) is 56.1 Å². The lowest BCUT2D eigenvalue weighted by Crippen LogP contribution is -2.31. The van der Waals surface area contributed by atoms with Crippen LogP contribution in [0.5, 0.6) is 5.75 Å². The number of pyridine rings is 1. The number of nitriles is 1. The number of benzene rings is 1. The standard InChI is InChI=1S/C20H21N5O2S/c21-13-16-18(4-6-22-20(16)28)25-8-1-7-24(9-10-25)14-2-3-15-17(23-26)5-11-27-19(15)12-14/h2-4,6,12,26H,1,5,7-11H2,(H,22,28)/b23-17+. The minimum atomic E-state index is 0.481. The number of rotatable bonds is 2. The molecule has 3 heterocycles. The first-order chi connectivity index (χ1) is 13.7. The first kappa shape index (κ1) is 18.3. The molecule has 1 fully saturated rings. The van der Waals surface area contributed by atoms with E-state index in [-0.39, 0.29) is 0 Å². The highest BCUT2D eigenvalue weighted by molar-refractivity contribution is 7.71. The fourth-order valence-corrected chi connectivity index (χ4v) is 4.04. The molecule has 0 radical (unpaired) electrons. The van der Waals surface area contributed by atoms with Gasteiger partial charge in [0.05, 0.1) is 18.0 Å². The van der Waals surface area contributed by atoms with Gasteiger partial charge in [-0.05, 0) is 24.6 Å². The second-order valence-corrected chi connectivity index (χ2v) is 7.24. The van der Waals surface area contributed by atoms with Crippen molar-refractivity contribution in [1.29, 1.82) is 5.26 Å². The average Bonchev–Trinajstić information content (AvgIpc) is 2.99. The lowest BCUT2D eigenvalue weighted by Gasteiger charge is -2.26. The third kappa shape index (κ3) is 3.41. The summed E-state index contributed by atoms with van der Waals surface area (Å²) in [4.78, 5) is 7.48. The second-order valence-electron chi connectivity index (χ2n) is 6.83. The normalized spacial score (nSPS) is 18.2. The predicted octanol–water partition coefficient (Wildman–Crippen LogP) is 3.29. The lowest BCUT2D eigenvalue weighted by molar-refractivity contribution is 0.298. The zero-order valence-corrected chi connectivity index (χ0v) is 16.2. The Balaban J connectivity index is 1.55. The van der Waals surface area contributed by atoms with Crippen LogP contribution in [-0.2, 0) is 0 Å². The third-order valence-corrected chi connectivity index (χ3v) is 5.57. The van der Waals surface area contributed by atoms with E-state index in [0.29, 0.717) is 28.9 Å². The number of H-pyrrole nitrogens is 1. The van der Waals surface area contributed by atoms with Gasteiger partial charge in [-0.3, -0.25) is 0 Å². The van der Waals surface area contributed by atoms with E-state index < -0.39 is 0 Å². The summed E-state index contributed by atoms with van der Waals surface area (Å²) < 4.78 is 6.25. The summed E-state index contributed by atoms with van der Waals surface area (Å²) in [7, 11) is 0. The quantitative estimate of drug-likeness (QED) is 0.461. The van der Waals surface area contributed by atoms with Crippen LogP contribution in [0, 0.1) is 16.0 Å². The Morgan fingerprint density at radius 2 is 2.00 bits per heavy atom. The van der Waals surface area contributed by atoms with Gasteiger partial charge in [0.1, 0.15) is 22.0 Å². The number of hydrogen-bond donors (Lipinski definition) is 2. The Hall–Kier alpha value is -3.05. The Bertz CT molecular complexity index is 1010. The van der Waals surface area contributed by atoms with E-state index in [1.165, 1.54) is 0 Å². The highest BCUT2D eigenvalue weighted by Crippen LogP contribution is 2.31. The van der Waals surface area contributed by atoms with Crippen molar-refractivity contribution in [3.8, 4) is 11.8 Å². The van der Waals surface area contributed by atoms with Gasteiger partial charge in [-0.15, -0.1) is 0 Å². The van der Waals surface area contributed by atoms with E-state index in [4.69, 9.17) is 17.0 Å². The molecular weight excluding hydrogens is 374 g/mol. The third-order valence-electron chi connectivity index (χ3n) is 5.25. The Labute approximate surface area is 168 Å². The molecule has 0 amide bonds. The summed E-state index contributed by atoms with van der Waals surface area (Å²) in [5.41, 5.74) is 4.03. The van der Waals surface area contributed by atoms with Gasteiger partial charge in [0.15, 0.2) is 0 Å². The molecule has 1 aromatic carbocycles. The van der Waals surface area contributed by atoms with Crippen molar-refractivity contribution in [2.45, 2.75) is 12.8 Å². The summed E-state index contributed by atoms with van der Waals surface area (Å²) in [5, 5.41) is 22.0. The van der Waals surface area contributed by atoms with E-state index in [9.17, 15) is 10.5 Å². The first-order valence-electron chi connectivity index (χ1n) is 9.31. The minimum Gasteiger partial charge on any atom is -0.492 e. The SMILES string of the molecule is N#Cc1c(N2CCCN(c3ccc4c(c3)OCC/C4=N\O)CC2)cc[nH]c1=S. The number of ether oxygens (including phenoxy) is 1. The smallest absolute Gasteiger partial charge is 0.130 e. The molecule has 0 unspecified atom stereocenters. The van der Waals surface area contributed by atoms with Crippen LogP contribution in [0.1, 0.15) is 24.0 Å². The predicted molar refractivity (Wildman–Crippen MR) is 110 cm³/mol. The fourth-order valence-electron chi connectivity index (χ4n) is 3.82. The average molecular weight is 395 g/mol.